The first-order valence-corrected chi connectivity index (χ1v) is 8.21. The van der Waals surface area contributed by atoms with Gasteiger partial charge in [-0.1, -0.05) is 29.8 Å². The van der Waals surface area contributed by atoms with Gasteiger partial charge in [-0.05, 0) is 36.8 Å². The van der Waals surface area contributed by atoms with Crippen molar-refractivity contribution in [3.05, 3.63) is 77.6 Å². The van der Waals surface area contributed by atoms with E-state index in [0.29, 0.717) is 23.7 Å². The van der Waals surface area contributed by atoms with E-state index in [2.05, 4.69) is 51.8 Å². The summed E-state index contributed by atoms with van der Waals surface area (Å²) in [6.45, 7) is 2.67. The quantitative estimate of drug-likeness (QED) is 0.711. The molecule has 2 aromatic carbocycles. The molecular weight excluding hydrogens is 328 g/mol. The monoisotopic (exact) mass is 348 g/mol. The number of ether oxygens (including phenoxy) is 1. The molecule has 0 saturated carbocycles. The highest BCUT2D eigenvalue weighted by Crippen LogP contribution is 2.16. The smallest absolute Gasteiger partial charge is 0.258 e. The van der Waals surface area contributed by atoms with Crippen molar-refractivity contribution in [1.29, 1.82) is 0 Å². The van der Waals surface area contributed by atoms with Crippen molar-refractivity contribution in [3.8, 4) is 5.75 Å². The molecule has 1 heterocycles. The lowest BCUT2D eigenvalue weighted by Crippen LogP contribution is -2.13. The van der Waals surface area contributed by atoms with E-state index in [4.69, 9.17) is 4.74 Å². The van der Waals surface area contributed by atoms with Gasteiger partial charge in [-0.25, -0.2) is 9.97 Å². The molecule has 0 fully saturated rings. The Bertz CT molecular complexity index is 860. The molecule has 132 valence electrons. The minimum atomic E-state index is -0.264. The van der Waals surface area contributed by atoms with E-state index in [9.17, 15) is 4.79 Å². The fourth-order valence-corrected chi connectivity index (χ4v) is 2.30. The molecule has 6 nitrogen and oxygen atoms in total. The number of rotatable bonds is 6. The molecule has 0 aliphatic carbocycles. The van der Waals surface area contributed by atoms with E-state index >= 15 is 0 Å². The van der Waals surface area contributed by atoms with Gasteiger partial charge in [-0.2, -0.15) is 0 Å². The Kier molecular flexibility index (Phi) is 5.43. The number of hydrogen-bond donors (Lipinski definition) is 2. The lowest BCUT2D eigenvalue weighted by atomic mass is 10.1. The summed E-state index contributed by atoms with van der Waals surface area (Å²) in [5.74, 6) is 0.946. The van der Waals surface area contributed by atoms with Crippen molar-refractivity contribution >= 4 is 17.5 Å². The summed E-state index contributed by atoms with van der Waals surface area (Å²) >= 11 is 0. The first kappa shape index (κ1) is 17.4. The van der Waals surface area contributed by atoms with Gasteiger partial charge in [0.1, 0.15) is 5.75 Å². The standard InChI is InChI=1S/C20H20N4O2/c1-14-3-5-15(6-4-14)11-21-20-22-12-16(13-23-20)19(25)24-17-7-9-18(26-2)10-8-17/h3-10,12-13H,11H2,1-2H3,(H,24,25)(H,21,22,23). The number of carbonyl (C=O) groups excluding carboxylic acids is 1. The summed E-state index contributed by atoms with van der Waals surface area (Å²) in [5.41, 5.74) is 3.43. The Morgan fingerprint density at radius 1 is 1.00 bits per heavy atom. The van der Waals surface area contributed by atoms with Crippen LogP contribution in [0.3, 0.4) is 0 Å². The molecule has 0 bridgehead atoms. The minimum Gasteiger partial charge on any atom is -0.497 e. The predicted molar refractivity (Wildman–Crippen MR) is 101 cm³/mol. The summed E-state index contributed by atoms with van der Waals surface area (Å²) in [6, 6.07) is 15.3. The largest absolute Gasteiger partial charge is 0.497 e. The number of methoxy groups -OCH3 is 1. The molecule has 3 rings (SSSR count). The first-order valence-electron chi connectivity index (χ1n) is 8.21. The fourth-order valence-electron chi connectivity index (χ4n) is 2.30. The molecule has 0 saturated heterocycles. The van der Waals surface area contributed by atoms with Crippen molar-refractivity contribution in [3.63, 3.8) is 0 Å². The average Bonchev–Trinajstić information content (AvgIpc) is 2.68. The summed E-state index contributed by atoms with van der Waals surface area (Å²) in [4.78, 5) is 20.6. The number of amides is 1. The second kappa shape index (κ2) is 8.11. The van der Waals surface area contributed by atoms with Gasteiger partial charge in [0.05, 0.1) is 12.7 Å². The molecule has 0 aliphatic rings. The highest BCUT2D eigenvalue weighted by Gasteiger charge is 2.08. The van der Waals surface area contributed by atoms with Gasteiger partial charge in [-0.3, -0.25) is 4.79 Å². The van der Waals surface area contributed by atoms with Crippen LogP contribution in [0.4, 0.5) is 11.6 Å². The van der Waals surface area contributed by atoms with Gasteiger partial charge in [-0.15, -0.1) is 0 Å². The van der Waals surface area contributed by atoms with Gasteiger partial charge >= 0.3 is 0 Å². The van der Waals surface area contributed by atoms with Crippen LogP contribution in [0.15, 0.2) is 60.9 Å². The Morgan fingerprint density at radius 2 is 1.65 bits per heavy atom. The van der Waals surface area contributed by atoms with Crippen LogP contribution in [0.25, 0.3) is 0 Å². The molecule has 0 aliphatic heterocycles. The van der Waals surface area contributed by atoms with E-state index in [1.54, 1.807) is 31.4 Å². The van der Waals surface area contributed by atoms with Crippen LogP contribution in [0.1, 0.15) is 21.5 Å². The first-order chi connectivity index (χ1) is 12.6. The SMILES string of the molecule is COc1ccc(NC(=O)c2cnc(NCc3ccc(C)cc3)nc2)cc1. The Balaban J connectivity index is 1.57. The van der Waals surface area contributed by atoms with Crippen molar-refractivity contribution in [2.75, 3.05) is 17.7 Å². The van der Waals surface area contributed by atoms with Gasteiger partial charge in [0.2, 0.25) is 5.95 Å². The summed E-state index contributed by atoms with van der Waals surface area (Å²) in [6.07, 6.45) is 3.01. The zero-order chi connectivity index (χ0) is 18.4. The molecule has 26 heavy (non-hydrogen) atoms. The van der Waals surface area contributed by atoms with Crippen molar-refractivity contribution in [1.82, 2.24) is 9.97 Å². The number of aryl methyl sites for hydroxylation is 1. The summed E-state index contributed by atoms with van der Waals surface area (Å²) in [5, 5.41) is 5.94. The second-order valence-corrected chi connectivity index (χ2v) is 5.82. The second-order valence-electron chi connectivity index (χ2n) is 5.82. The van der Waals surface area contributed by atoms with Crippen LogP contribution in [0.5, 0.6) is 5.75 Å². The third kappa shape index (κ3) is 4.57. The number of carbonyl (C=O) groups is 1. The van der Waals surface area contributed by atoms with Crippen molar-refractivity contribution in [2.24, 2.45) is 0 Å². The molecule has 6 heteroatoms. The van der Waals surface area contributed by atoms with E-state index in [0.717, 1.165) is 11.3 Å². The Morgan fingerprint density at radius 3 is 2.27 bits per heavy atom. The lowest BCUT2D eigenvalue weighted by Gasteiger charge is -2.07. The normalized spacial score (nSPS) is 10.2. The van der Waals surface area contributed by atoms with E-state index in [-0.39, 0.29) is 5.91 Å². The molecule has 0 atom stereocenters. The van der Waals surface area contributed by atoms with Crippen LogP contribution >= 0.6 is 0 Å². The Hall–Kier alpha value is -3.41. The van der Waals surface area contributed by atoms with Crippen LogP contribution < -0.4 is 15.4 Å². The van der Waals surface area contributed by atoms with Crippen LogP contribution in [-0.4, -0.2) is 23.0 Å². The van der Waals surface area contributed by atoms with Gasteiger partial charge in [0.25, 0.3) is 5.91 Å². The zero-order valence-electron chi connectivity index (χ0n) is 14.7. The maximum absolute atomic E-state index is 12.2. The van der Waals surface area contributed by atoms with E-state index < -0.39 is 0 Å². The van der Waals surface area contributed by atoms with Crippen LogP contribution in [0.2, 0.25) is 0 Å². The zero-order valence-corrected chi connectivity index (χ0v) is 14.7. The van der Waals surface area contributed by atoms with Crippen LogP contribution in [0, 0.1) is 6.92 Å². The maximum Gasteiger partial charge on any atom is 0.258 e. The number of benzene rings is 2. The molecule has 0 unspecified atom stereocenters. The van der Waals surface area contributed by atoms with E-state index in [1.807, 2.05) is 0 Å². The number of aromatic nitrogens is 2. The lowest BCUT2D eigenvalue weighted by molar-refractivity contribution is 0.102. The molecular formula is C20H20N4O2. The third-order valence-corrected chi connectivity index (χ3v) is 3.83. The highest BCUT2D eigenvalue weighted by molar-refractivity contribution is 6.03. The molecule has 2 N–H and O–H groups in total. The van der Waals surface area contributed by atoms with Crippen molar-refractivity contribution < 1.29 is 9.53 Å². The number of nitrogens with zero attached hydrogens (tertiary/aromatic N) is 2. The van der Waals surface area contributed by atoms with Crippen molar-refractivity contribution in [2.45, 2.75) is 13.5 Å². The molecule has 3 aromatic rings. The maximum atomic E-state index is 12.2. The predicted octanol–water partition coefficient (Wildman–Crippen LogP) is 3.66. The van der Waals surface area contributed by atoms with Gasteiger partial charge < -0.3 is 15.4 Å². The number of anilines is 2. The Labute approximate surface area is 152 Å². The van der Waals surface area contributed by atoms with Gasteiger partial charge in [0, 0.05) is 24.6 Å². The fraction of sp³-hybridized carbons (Fsp3) is 0.150. The number of nitrogens with one attached hydrogen (secondary N) is 2. The van der Waals surface area contributed by atoms with Gasteiger partial charge in [0.15, 0.2) is 0 Å². The average molecular weight is 348 g/mol. The molecule has 0 radical (unpaired) electrons. The minimum absolute atomic E-state index is 0.264. The topological polar surface area (TPSA) is 76.1 Å². The molecule has 0 spiro atoms. The molecule has 1 aromatic heterocycles. The summed E-state index contributed by atoms with van der Waals surface area (Å²) < 4.78 is 5.09. The third-order valence-electron chi connectivity index (χ3n) is 3.83. The van der Waals surface area contributed by atoms with Crippen LogP contribution in [-0.2, 0) is 6.54 Å². The molecule has 1 amide bonds. The highest BCUT2D eigenvalue weighted by atomic mass is 16.5. The summed E-state index contributed by atoms with van der Waals surface area (Å²) in [7, 11) is 1.60. The number of hydrogen-bond acceptors (Lipinski definition) is 5. The van der Waals surface area contributed by atoms with E-state index in [1.165, 1.54) is 18.0 Å².